The predicted octanol–water partition coefficient (Wildman–Crippen LogP) is 9.16. The summed E-state index contributed by atoms with van der Waals surface area (Å²) in [5, 5.41) is 35.7. The molecule has 1 saturated carbocycles. The smallest absolute Gasteiger partial charge is 0.161 e. The SMILES string of the molecule is C[C@H](CCc1ccccc1)CCC1(/C=C/C(=O)CCc2ccc(O)c(OCCc3ccc(O)c([C@@H]4CC([O-])=C5C=CN=C5CC#Cc5cc(C(N)N)ccc54)c3)c2)CCCC1. The molecule has 0 bridgehead atoms. The van der Waals surface area contributed by atoms with Gasteiger partial charge in [0.15, 0.2) is 17.3 Å². The van der Waals surface area contributed by atoms with Crippen LogP contribution in [0, 0.1) is 23.2 Å². The third-order valence-electron chi connectivity index (χ3n) is 12.7. The number of aryl methyl sites for hydroxylation is 2. The zero-order chi connectivity index (χ0) is 42.8. The first-order valence-electron chi connectivity index (χ1n) is 21.9. The average Bonchev–Trinajstić information content (AvgIpc) is 3.95. The highest BCUT2D eigenvalue weighted by Gasteiger charge is 2.31. The van der Waals surface area contributed by atoms with Crippen LogP contribution in [0.3, 0.4) is 0 Å². The van der Waals surface area contributed by atoms with Gasteiger partial charge in [-0.05, 0) is 133 Å². The lowest BCUT2D eigenvalue weighted by molar-refractivity contribution is -0.307. The predicted molar refractivity (Wildman–Crippen MR) is 241 cm³/mol. The van der Waals surface area contributed by atoms with E-state index in [0.717, 1.165) is 42.4 Å². The van der Waals surface area contributed by atoms with Gasteiger partial charge in [-0.3, -0.25) is 9.79 Å². The van der Waals surface area contributed by atoms with Crippen LogP contribution in [-0.4, -0.2) is 28.3 Å². The molecule has 61 heavy (non-hydrogen) atoms. The highest BCUT2D eigenvalue weighted by Crippen LogP contribution is 2.44. The summed E-state index contributed by atoms with van der Waals surface area (Å²) < 4.78 is 6.11. The van der Waals surface area contributed by atoms with E-state index in [0.29, 0.717) is 65.3 Å². The molecule has 0 saturated heterocycles. The zero-order valence-corrected chi connectivity index (χ0v) is 35.2. The summed E-state index contributed by atoms with van der Waals surface area (Å²) in [6.07, 6.45) is 17.8. The number of aromatic hydroxyl groups is 2. The van der Waals surface area contributed by atoms with Crippen LogP contribution in [0.5, 0.6) is 17.2 Å². The lowest BCUT2D eigenvalue weighted by Crippen LogP contribution is -2.21. The van der Waals surface area contributed by atoms with Crippen molar-refractivity contribution in [3.63, 3.8) is 0 Å². The Morgan fingerprint density at radius 3 is 2.48 bits per heavy atom. The Labute approximate surface area is 360 Å². The number of hydrogen-bond donors (Lipinski definition) is 4. The molecule has 0 aromatic heterocycles. The second kappa shape index (κ2) is 20.1. The highest BCUT2D eigenvalue weighted by molar-refractivity contribution is 6.06. The number of nitrogens with two attached hydrogens (primary N) is 2. The first kappa shape index (κ1) is 43.2. The van der Waals surface area contributed by atoms with Crippen molar-refractivity contribution >= 4 is 11.5 Å². The quantitative estimate of drug-likeness (QED) is 0.0471. The summed E-state index contributed by atoms with van der Waals surface area (Å²) in [7, 11) is 0. The number of benzene rings is 4. The van der Waals surface area contributed by atoms with Crippen molar-refractivity contribution in [3.05, 3.63) is 160 Å². The number of ether oxygens (including phenoxy) is 1. The maximum Gasteiger partial charge on any atom is 0.161 e. The Morgan fingerprint density at radius 2 is 1.69 bits per heavy atom. The number of hydrogen-bond acceptors (Lipinski definition) is 8. The third kappa shape index (κ3) is 11.3. The van der Waals surface area contributed by atoms with E-state index in [4.69, 9.17) is 16.2 Å². The molecule has 3 aliphatic rings. The molecule has 8 nitrogen and oxygen atoms in total. The van der Waals surface area contributed by atoms with E-state index in [1.54, 1.807) is 24.4 Å². The molecule has 2 atom stereocenters. The number of nitrogens with zero attached hydrogens (tertiary/aromatic N) is 1. The standard InChI is InChI=1S/C53H59N3O5/c1-36(12-13-37-8-3-2-4-9-37)22-28-53(26-5-6-27-53)29-23-42(57)18-14-38-16-21-49(59)51(33-38)61-31-25-39-15-20-48(58)46(32-39)45-35-50(60)44-24-30-56-47(44)11-7-10-40-34-41(52(54)55)17-19-43(40)45/h2-4,8-9,15-17,19-21,23-24,29-30,32-34,36,45,52,58-60H,5-6,11-14,18,22,25-28,31,35,54-55H2,1H3/p-1/b29-23+,50-44?/t36-,45-/m1/s1. The lowest BCUT2D eigenvalue weighted by atomic mass is 9.78. The Balaban J connectivity index is 0.971. The van der Waals surface area contributed by atoms with Gasteiger partial charge < -0.3 is 31.5 Å². The number of rotatable bonds is 17. The van der Waals surface area contributed by atoms with Crippen molar-refractivity contribution in [3.8, 4) is 29.1 Å². The average molecular weight is 817 g/mol. The van der Waals surface area contributed by atoms with Gasteiger partial charge in [-0.15, -0.1) is 5.76 Å². The summed E-state index contributed by atoms with van der Waals surface area (Å²) in [4.78, 5) is 17.6. The second-order valence-electron chi connectivity index (χ2n) is 17.2. The molecule has 4 aromatic rings. The second-order valence-corrected chi connectivity index (χ2v) is 17.2. The van der Waals surface area contributed by atoms with Crippen molar-refractivity contribution in [2.75, 3.05) is 6.61 Å². The number of fused-ring (bicyclic) bond motifs is 2. The monoisotopic (exact) mass is 816 g/mol. The molecule has 316 valence electrons. The Bertz CT molecular complexity index is 2380. The van der Waals surface area contributed by atoms with Crippen molar-refractivity contribution in [1.82, 2.24) is 0 Å². The molecule has 1 aliphatic heterocycles. The van der Waals surface area contributed by atoms with Gasteiger partial charge in [-0.25, -0.2) is 0 Å². The van der Waals surface area contributed by atoms with Crippen molar-refractivity contribution < 1.29 is 24.9 Å². The molecule has 7 rings (SSSR count). The van der Waals surface area contributed by atoms with Gasteiger partial charge >= 0.3 is 0 Å². The van der Waals surface area contributed by atoms with Gasteiger partial charge in [0.1, 0.15) is 5.75 Å². The van der Waals surface area contributed by atoms with E-state index in [1.165, 1.54) is 31.2 Å². The van der Waals surface area contributed by atoms with Crippen LogP contribution >= 0.6 is 0 Å². The fourth-order valence-corrected chi connectivity index (χ4v) is 8.94. The van der Waals surface area contributed by atoms with Crippen LogP contribution in [-0.2, 0) is 24.1 Å². The molecular formula is C53H58N3O5-. The van der Waals surface area contributed by atoms with E-state index in [-0.39, 0.29) is 41.5 Å². The van der Waals surface area contributed by atoms with E-state index < -0.39 is 12.1 Å². The van der Waals surface area contributed by atoms with Crippen LogP contribution in [0.1, 0.15) is 122 Å². The van der Waals surface area contributed by atoms with Crippen LogP contribution in [0.15, 0.2) is 126 Å². The number of phenolic OH excluding ortho intramolecular Hbond substituents is 2. The van der Waals surface area contributed by atoms with Gasteiger partial charge in [-0.1, -0.05) is 98.3 Å². The Morgan fingerprint density at radius 1 is 0.918 bits per heavy atom. The van der Waals surface area contributed by atoms with Crippen molar-refractivity contribution in [2.24, 2.45) is 27.8 Å². The molecule has 6 N–H and O–H groups in total. The fourth-order valence-electron chi connectivity index (χ4n) is 8.94. The van der Waals surface area contributed by atoms with Gasteiger partial charge in [0, 0.05) is 36.1 Å². The Hall–Kier alpha value is -5.88. The van der Waals surface area contributed by atoms with E-state index in [9.17, 15) is 20.1 Å². The number of phenols is 2. The number of carbonyl (C=O) groups is 1. The van der Waals surface area contributed by atoms with Gasteiger partial charge in [-0.2, -0.15) is 0 Å². The van der Waals surface area contributed by atoms with Crippen molar-refractivity contribution in [1.29, 1.82) is 0 Å². The molecule has 8 heteroatoms. The largest absolute Gasteiger partial charge is 0.875 e. The molecule has 4 aromatic carbocycles. The lowest BCUT2D eigenvalue weighted by Gasteiger charge is -2.27. The van der Waals surface area contributed by atoms with Crippen LogP contribution in [0.2, 0.25) is 0 Å². The minimum absolute atomic E-state index is 0.0261. The maximum atomic E-state index is 13.7. The number of ketones is 1. The van der Waals surface area contributed by atoms with Gasteiger partial charge in [0.05, 0.1) is 24.9 Å². The summed E-state index contributed by atoms with van der Waals surface area (Å²) >= 11 is 0. The van der Waals surface area contributed by atoms with Crippen LogP contribution < -0.4 is 21.3 Å². The molecule has 1 fully saturated rings. The summed E-state index contributed by atoms with van der Waals surface area (Å²) in [6, 6.07) is 26.9. The fraction of sp³-hybridized carbons (Fsp3) is 0.358. The summed E-state index contributed by atoms with van der Waals surface area (Å²) in [6.45, 7) is 2.61. The maximum absolute atomic E-state index is 13.7. The molecule has 2 aliphatic carbocycles. The normalized spacial score (nSPS) is 17.4. The summed E-state index contributed by atoms with van der Waals surface area (Å²) in [5.74, 6) is 7.03. The molecule has 0 unspecified atom stereocenters. The third-order valence-corrected chi connectivity index (χ3v) is 12.7. The highest BCUT2D eigenvalue weighted by atomic mass is 16.5. The van der Waals surface area contributed by atoms with Crippen LogP contribution in [0.25, 0.3) is 0 Å². The molecular weight excluding hydrogens is 759 g/mol. The number of carbonyl (C=O) groups excluding carboxylic acids is 1. The molecule has 0 radical (unpaired) electrons. The molecule has 1 heterocycles. The minimum Gasteiger partial charge on any atom is -0.875 e. The van der Waals surface area contributed by atoms with E-state index >= 15 is 0 Å². The van der Waals surface area contributed by atoms with Crippen molar-refractivity contribution in [2.45, 2.75) is 102 Å². The topological polar surface area (TPSA) is 154 Å². The van der Waals surface area contributed by atoms with Gasteiger partial charge in [0.2, 0.25) is 0 Å². The van der Waals surface area contributed by atoms with E-state index in [1.807, 2.05) is 48.5 Å². The Kier molecular flexibility index (Phi) is 14.3. The minimum atomic E-state index is -0.693. The molecule has 0 spiro atoms. The van der Waals surface area contributed by atoms with Gasteiger partial charge in [0.25, 0.3) is 0 Å². The number of allylic oxidation sites excluding steroid dienone is 5. The first-order chi connectivity index (χ1) is 29.6. The summed E-state index contributed by atoms with van der Waals surface area (Å²) in [5.41, 5.74) is 19.3. The van der Waals surface area contributed by atoms with E-state index in [2.05, 4.69) is 60.2 Å². The molecule has 0 amide bonds. The zero-order valence-electron chi connectivity index (χ0n) is 35.2. The number of aliphatic imine (C=N–C) groups is 1. The first-order valence-corrected chi connectivity index (χ1v) is 21.9. The van der Waals surface area contributed by atoms with Crippen LogP contribution in [0.4, 0.5) is 0 Å².